The van der Waals surface area contributed by atoms with Gasteiger partial charge in [-0.15, -0.1) is 5.10 Å². The molecule has 0 fully saturated rings. The van der Waals surface area contributed by atoms with Crippen molar-refractivity contribution in [1.29, 1.82) is 0 Å². The maximum absolute atomic E-state index is 11.6. The largest absolute Gasteiger partial charge is 0.368 e. The lowest BCUT2D eigenvalue weighted by molar-refractivity contribution is -0.113. The molecular weight excluding hydrogens is 238 g/mol. The van der Waals surface area contributed by atoms with Gasteiger partial charge in [0.1, 0.15) is 0 Å². The van der Waals surface area contributed by atoms with Crippen molar-refractivity contribution in [1.82, 2.24) is 15.2 Å². The fraction of sp³-hybridized carbons (Fsp3) is 0.100. The zero-order chi connectivity index (χ0) is 12.1. The molecule has 0 saturated carbocycles. The Kier molecular flexibility index (Phi) is 3.61. The van der Waals surface area contributed by atoms with Crippen LogP contribution in [0.1, 0.15) is 0 Å². The van der Waals surface area contributed by atoms with Gasteiger partial charge in [0.25, 0.3) is 0 Å². The number of aromatic amines is 1. The van der Waals surface area contributed by atoms with Gasteiger partial charge in [-0.25, -0.2) is 5.10 Å². The fourth-order valence-electron chi connectivity index (χ4n) is 1.17. The highest BCUT2D eigenvalue weighted by Gasteiger charge is 2.06. The smallest absolute Gasteiger partial charge is 0.234 e. The van der Waals surface area contributed by atoms with Crippen molar-refractivity contribution < 1.29 is 4.79 Å². The Labute approximate surface area is 102 Å². The molecule has 0 atom stereocenters. The Hall–Kier alpha value is -2.02. The van der Waals surface area contributed by atoms with Gasteiger partial charge in [0.2, 0.25) is 17.0 Å². The topological polar surface area (TPSA) is 96.7 Å². The van der Waals surface area contributed by atoms with Gasteiger partial charge in [-0.05, 0) is 12.1 Å². The van der Waals surface area contributed by atoms with Gasteiger partial charge in [-0.3, -0.25) is 4.79 Å². The minimum absolute atomic E-state index is 0.107. The molecule has 2 rings (SSSR count). The van der Waals surface area contributed by atoms with Crippen LogP contribution in [0, 0.1) is 0 Å². The number of nitrogens with zero attached hydrogens (tertiary/aromatic N) is 2. The van der Waals surface area contributed by atoms with Crippen LogP contribution in [0.3, 0.4) is 0 Å². The maximum atomic E-state index is 11.6. The number of carbonyl (C=O) groups excluding carboxylic acids is 1. The molecular formula is C10H11N5OS. The summed E-state index contributed by atoms with van der Waals surface area (Å²) >= 11 is 1.22. The average Bonchev–Trinajstić information content (AvgIpc) is 2.74. The van der Waals surface area contributed by atoms with E-state index in [9.17, 15) is 4.79 Å². The predicted molar refractivity (Wildman–Crippen MR) is 66.6 cm³/mol. The van der Waals surface area contributed by atoms with E-state index < -0.39 is 0 Å². The van der Waals surface area contributed by atoms with Crippen LogP contribution in [0.4, 0.5) is 11.6 Å². The van der Waals surface area contributed by atoms with Crippen LogP contribution in [-0.2, 0) is 4.79 Å². The van der Waals surface area contributed by atoms with Crippen molar-refractivity contribution in [3.05, 3.63) is 30.3 Å². The number of rotatable bonds is 4. The second-order valence-corrected chi connectivity index (χ2v) is 4.15. The Morgan fingerprint density at radius 2 is 2.18 bits per heavy atom. The summed E-state index contributed by atoms with van der Waals surface area (Å²) in [4.78, 5) is 15.4. The lowest BCUT2D eigenvalue weighted by atomic mass is 10.3. The van der Waals surface area contributed by atoms with Crippen molar-refractivity contribution in [2.75, 3.05) is 16.8 Å². The summed E-state index contributed by atoms with van der Waals surface area (Å²) in [7, 11) is 0. The van der Waals surface area contributed by atoms with Crippen LogP contribution in [-0.4, -0.2) is 26.8 Å². The molecule has 1 aromatic heterocycles. The predicted octanol–water partition coefficient (Wildman–Crippen LogP) is 1.12. The summed E-state index contributed by atoms with van der Waals surface area (Å²) < 4.78 is 0. The highest BCUT2D eigenvalue weighted by molar-refractivity contribution is 7.99. The summed E-state index contributed by atoms with van der Waals surface area (Å²) in [5.41, 5.74) is 6.14. The standard InChI is InChI=1S/C10H11N5OS/c11-9-13-10(15-14-9)17-6-8(16)12-7-4-2-1-3-5-7/h1-5H,6H2,(H,12,16)(H3,11,13,14,15). The average molecular weight is 249 g/mol. The summed E-state index contributed by atoms with van der Waals surface area (Å²) in [6.07, 6.45) is 0. The molecule has 0 saturated heterocycles. The van der Waals surface area contributed by atoms with E-state index in [1.165, 1.54) is 11.8 Å². The molecule has 2 aromatic rings. The molecule has 7 heteroatoms. The molecule has 0 bridgehead atoms. The number of nitrogens with one attached hydrogen (secondary N) is 2. The lowest BCUT2D eigenvalue weighted by Crippen LogP contribution is -2.13. The van der Waals surface area contributed by atoms with Gasteiger partial charge in [0, 0.05) is 5.69 Å². The van der Waals surface area contributed by atoms with E-state index in [-0.39, 0.29) is 17.6 Å². The minimum Gasteiger partial charge on any atom is -0.368 e. The molecule has 6 nitrogen and oxygen atoms in total. The SMILES string of the molecule is Nc1nc(SCC(=O)Nc2ccccc2)n[nH]1. The number of hydrogen-bond acceptors (Lipinski definition) is 5. The first kappa shape index (κ1) is 11.5. The first-order chi connectivity index (χ1) is 8.24. The Morgan fingerprint density at radius 1 is 1.41 bits per heavy atom. The van der Waals surface area contributed by atoms with Gasteiger partial charge in [0.05, 0.1) is 5.75 Å². The van der Waals surface area contributed by atoms with Gasteiger partial charge in [-0.1, -0.05) is 30.0 Å². The summed E-state index contributed by atoms with van der Waals surface area (Å²) in [5, 5.41) is 9.55. The van der Waals surface area contributed by atoms with E-state index in [2.05, 4.69) is 20.5 Å². The number of benzene rings is 1. The molecule has 0 aliphatic heterocycles. The van der Waals surface area contributed by atoms with Crippen molar-refractivity contribution in [3.63, 3.8) is 0 Å². The van der Waals surface area contributed by atoms with Crippen LogP contribution in [0.5, 0.6) is 0 Å². The van der Waals surface area contributed by atoms with E-state index >= 15 is 0 Å². The number of H-pyrrole nitrogens is 1. The molecule has 17 heavy (non-hydrogen) atoms. The maximum Gasteiger partial charge on any atom is 0.234 e. The van der Waals surface area contributed by atoms with Crippen LogP contribution < -0.4 is 11.1 Å². The van der Waals surface area contributed by atoms with Gasteiger partial charge >= 0.3 is 0 Å². The third kappa shape index (κ3) is 3.49. The molecule has 4 N–H and O–H groups in total. The molecule has 0 spiro atoms. The molecule has 1 heterocycles. The number of thioether (sulfide) groups is 1. The summed E-state index contributed by atoms with van der Waals surface area (Å²) in [6.45, 7) is 0. The molecule has 0 radical (unpaired) electrons. The third-order valence-corrected chi connectivity index (χ3v) is 2.72. The van der Waals surface area contributed by atoms with Crippen LogP contribution >= 0.6 is 11.8 Å². The fourth-order valence-corrected chi connectivity index (χ4v) is 1.78. The number of nitrogens with two attached hydrogens (primary N) is 1. The highest BCUT2D eigenvalue weighted by atomic mass is 32.2. The van der Waals surface area contributed by atoms with E-state index in [0.717, 1.165) is 5.69 Å². The van der Waals surface area contributed by atoms with E-state index in [1.807, 2.05) is 30.3 Å². The second-order valence-electron chi connectivity index (χ2n) is 3.21. The molecule has 88 valence electrons. The van der Waals surface area contributed by atoms with Crippen LogP contribution in [0.15, 0.2) is 35.5 Å². The number of nitrogen functional groups attached to an aromatic ring is 1. The molecule has 0 aliphatic rings. The monoisotopic (exact) mass is 249 g/mol. The van der Waals surface area contributed by atoms with Crippen LogP contribution in [0.25, 0.3) is 0 Å². The van der Waals surface area contributed by atoms with Crippen molar-refractivity contribution >= 4 is 29.3 Å². The number of hydrogen-bond donors (Lipinski definition) is 3. The highest BCUT2D eigenvalue weighted by Crippen LogP contribution is 2.13. The van der Waals surface area contributed by atoms with Gasteiger partial charge in [0.15, 0.2) is 0 Å². The van der Waals surface area contributed by atoms with Gasteiger partial charge in [-0.2, -0.15) is 4.98 Å². The number of para-hydroxylation sites is 1. The Morgan fingerprint density at radius 3 is 2.82 bits per heavy atom. The van der Waals surface area contributed by atoms with Crippen LogP contribution in [0.2, 0.25) is 0 Å². The summed E-state index contributed by atoms with van der Waals surface area (Å²) in [6, 6.07) is 9.26. The molecule has 0 unspecified atom stereocenters. The zero-order valence-corrected chi connectivity index (χ0v) is 9.70. The van der Waals surface area contributed by atoms with E-state index in [0.29, 0.717) is 5.16 Å². The zero-order valence-electron chi connectivity index (χ0n) is 8.88. The van der Waals surface area contributed by atoms with Gasteiger partial charge < -0.3 is 11.1 Å². The Balaban J connectivity index is 1.82. The lowest BCUT2D eigenvalue weighted by Gasteiger charge is -2.02. The van der Waals surface area contributed by atoms with Crippen molar-refractivity contribution in [2.45, 2.75) is 5.16 Å². The molecule has 0 aliphatic carbocycles. The van der Waals surface area contributed by atoms with Crippen molar-refractivity contribution in [2.24, 2.45) is 0 Å². The number of aromatic nitrogens is 3. The Bertz CT molecular complexity index is 498. The van der Waals surface area contributed by atoms with E-state index in [4.69, 9.17) is 5.73 Å². The second kappa shape index (κ2) is 5.35. The van der Waals surface area contributed by atoms with E-state index in [1.54, 1.807) is 0 Å². The quantitative estimate of drug-likeness (QED) is 0.705. The normalized spacial score (nSPS) is 10.1. The number of amides is 1. The third-order valence-electron chi connectivity index (χ3n) is 1.87. The summed E-state index contributed by atoms with van der Waals surface area (Å²) in [5.74, 6) is 0.382. The van der Waals surface area contributed by atoms with Crippen molar-refractivity contribution in [3.8, 4) is 0 Å². The first-order valence-electron chi connectivity index (χ1n) is 4.89. The minimum atomic E-state index is -0.107. The number of anilines is 2. The first-order valence-corrected chi connectivity index (χ1v) is 5.88. The number of carbonyl (C=O) groups is 1. The molecule has 1 aromatic carbocycles. The molecule has 1 amide bonds.